The van der Waals surface area contributed by atoms with Gasteiger partial charge in [-0.25, -0.2) is 0 Å². The van der Waals surface area contributed by atoms with E-state index >= 15 is 0 Å². The van der Waals surface area contributed by atoms with Crippen LogP contribution < -0.4 is 5.73 Å². The number of likely N-dealkylation sites (N-methyl/N-ethyl adjacent to an activating group) is 1. The molecule has 0 bridgehead atoms. The third-order valence-corrected chi connectivity index (χ3v) is 4.04. The van der Waals surface area contributed by atoms with Crippen LogP contribution in [0.3, 0.4) is 0 Å². The minimum Gasteiger partial charge on any atom is -0.381 e. The van der Waals surface area contributed by atoms with Crippen molar-refractivity contribution >= 4 is 0 Å². The maximum Gasteiger partial charge on any atom is 0.0593 e. The van der Waals surface area contributed by atoms with E-state index in [0.717, 1.165) is 45.9 Å². The van der Waals surface area contributed by atoms with E-state index in [4.69, 9.17) is 15.2 Å². The Morgan fingerprint density at radius 1 is 1.47 bits per heavy atom. The van der Waals surface area contributed by atoms with Crippen LogP contribution in [0.25, 0.3) is 0 Å². The molecule has 2 unspecified atom stereocenters. The molecule has 1 aliphatic heterocycles. The highest BCUT2D eigenvalue weighted by Crippen LogP contribution is 2.30. The molecule has 0 spiro atoms. The van der Waals surface area contributed by atoms with Crippen LogP contribution in [0.1, 0.15) is 27.2 Å². The zero-order valence-electron chi connectivity index (χ0n) is 11.6. The second-order valence-corrected chi connectivity index (χ2v) is 4.90. The lowest BCUT2D eigenvalue weighted by molar-refractivity contribution is 0.0222. The number of nitrogens with two attached hydrogens (primary N) is 1. The highest BCUT2D eigenvalue weighted by Gasteiger charge is 2.39. The van der Waals surface area contributed by atoms with Crippen LogP contribution >= 0.6 is 0 Å². The van der Waals surface area contributed by atoms with Gasteiger partial charge in [0.25, 0.3) is 0 Å². The monoisotopic (exact) mass is 244 g/mol. The van der Waals surface area contributed by atoms with E-state index < -0.39 is 0 Å². The molecule has 2 N–H and O–H groups in total. The van der Waals surface area contributed by atoms with Crippen molar-refractivity contribution < 1.29 is 9.47 Å². The summed E-state index contributed by atoms with van der Waals surface area (Å²) in [5.41, 5.74) is 6.07. The first-order chi connectivity index (χ1) is 8.19. The van der Waals surface area contributed by atoms with Gasteiger partial charge in [-0.3, -0.25) is 4.90 Å². The number of rotatable bonds is 8. The molecule has 1 rings (SSSR count). The van der Waals surface area contributed by atoms with Gasteiger partial charge in [0.1, 0.15) is 0 Å². The van der Waals surface area contributed by atoms with Crippen molar-refractivity contribution in [3.05, 3.63) is 0 Å². The van der Waals surface area contributed by atoms with E-state index in [1.807, 2.05) is 6.92 Å². The molecule has 1 heterocycles. The Labute approximate surface area is 105 Å². The third kappa shape index (κ3) is 3.65. The minimum absolute atomic E-state index is 0.0440. The Morgan fingerprint density at radius 2 is 2.24 bits per heavy atom. The average Bonchev–Trinajstić information content (AvgIpc) is 2.88. The van der Waals surface area contributed by atoms with Crippen molar-refractivity contribution in [1.29, 1.82) is 0 Å². The van der Waals surface area contributed by atoms with Crippen molar-refractivity contribution in [1.82, 2.24) is 4.90 Å². The van der Waals surface area contributed by atoms with Crippen molar-refractivity contribution in [3.8, 4) is 0 Å². The zero-order chi connectivity index (χ0) is 12.7. The smallest absolute Gasteiger partial charge is 0.0593 e. The van der Waals surface area contributed by atoms with Gasteiger partial charge in [-0.15, -0.1) is 0 Å². The maximum absolute atomic E-state index is 6.03. The fraction of sp³-hybridized carbons (Fsp3) is 1.00. The summed E-state index contributed by atoms with van der Waals surface area (Å²) in [6, 6.07) is 0. The normalized spacial score (nSPS) is 24.2. The van der Waals surface area contributed by atoms with Gasteiger partial charge in [-0.05, 0) is 26.8 Å². The molecule has 1 fully saturated rings. The predicted octanol–water partition coefficient (Wildman–Crippen LogP) is 1.10. The molecule has 2 atom stereocenters. The summed E-state index contributed by atoms with van der Waals surface area (Å²) in [4.78, 5) is 2.45. The van der Waals surface area contributed by atoms with Gasteiger partial charge in [0.15, 0.2) is 0 Å². The molecule has 0 aromatic rings. The molecule has 4 nitrogen and oxygen atoms in total. The van der Waals surface area contributed by atoms with E-state index in [1.165, 1.54) is 0 Å². The summed E-state index contributed by atoms with van der Waals surface area (Å²) in [6.45, 7) is 12.4. The Kier molecular flexibility index (Phi) is 6.41. The Bertz CT molecular complexity index is 208. The fourth-order valence-corrected chi connectivity index (χ4v) is 2.67. The van der Waals surface area contributed by atoms with Crippen LogP contribution in [0.5, 0.6) is 0 Å². The number of hydrogen-bond acceptors (Lipinski definition) is 4. The first kappa shape index (κ1) is 14.9. The molecular formula is C13H28N2O2. The Balaban J connectivity index is 2.59. The second-order valence-electron chi connectivity index (χ2n) is 4.90. The lowest BCUT2D eigenvalue weighted by Gasteiger charge is -2.44. The van der Waals surface area contributed by atoms with Crippen LogP contribution in [0, 0.1) is 5.92 Å². The number of hydrogen-bond donors (Lipinski definition) is 1. The molecule has 0 radical (unpaired) electrons. The second kappa shape index (κ2) is 7.31. The number of nitrogens with zero attached hydrogens (tertiary/aromatic N) is 1. The first-order valence-electron chi connectivity index (χ1n) is 6.79. The van der Waals surface area contributed by atoms with Crippen LogP contribution in [0.4, 0.5) is 0 Å². The molecule has 0 aliphatic carbocycles. The molecule has 4 heteroatoms. The molecule has 102 valence electrons. The van der Waals surface area contributed by atoms with Gasteiger partial charge in [-0.1, -0.05) is 6.92 Å². The van der Waals surface area contributed by atoms with E-state index in [9.17, 15) is 0 Å². The summed E-state index contributed by atoms with van der Waals surface area (Å²) in [7, 11) is 0. The van der Waals surface area contributed by atoms with Gasteiger partial charge < -0.3 is 15.2 Å². The van der Waals surface area contributed by atoms with E-state index in [2.05, 4.69) is 18.7 Å². The van der Waals surface area contributed by atoms with Crippen molar-refractivity contribution in [2.75, 3.05) is 46.1 Å². The Morgan fingerprint density at radius 3 is 2.71 bits per heavy atom. The lowest BCUT2D eigenvalue weighted by Crippen LogP contribution is -2.57. The highest BCUT2D eigenvalue weighted by molar-refractivity contribution is 4.95. The van der Waals surface area contributed by atoms with Gasteiger partial charge >= 0.3 is 0 Å². The first-order valence-corrected chi connectivity index (χ1v) is 6.79. The summed E-state index contributed by atoms with van der Waals surface area (Å²) in [5.74, 6) is 0.550. The van der Waals surface area contributed by atoms with Gasteiger partial charge in [0.2, 0.25) is 0 Å². The molecule has 0 aromatic heterocycles. The lowest BCUT2D eigenvalue weighted by atomic mass is 9.83. The molecule has 0 saturated carbocycles. The predicted molar refractivity (Wildman–Crippen MR) is 70.1 cm³/mol. The van der Waals surface area contributed by atoms with E-state index in [-0.39, 0.29) is 5.54 Å². The largest absolute Gasteiger partial charge is 0.381 e. The molecular weight excluding hydrogens is 216 g/mol. The standard InChI is InChI=1S/C13H28N2O2/c1-4-15(7-9-16-5-2)13(3,11-14)12-6-8-17-10-12/h12H,4-11,14H2,1-3H3. The minimum atomic E-state index is 0.0440. The summed E-state index contributed by atoms with van der Waals surface area (Å²) < 4.78 is 11.0. The zero-order valence-corrected chi connectivity index (χ0v) is 11.6. The van der Waals surface area contributed by atoms with E-state index in [0.29, 0.717) is 12.5 Å². The molecule has 0 amide bonds. The van der Waals surface area contributed by atoms with Crippen LogP contribution in [0.15, 0.2) is 0 Å². The summed E-state index contributed by atoms with van der Waals surface area (Å²) in [6.07, 6.45) is 1.12. The molecule has 1 aliphatic rings. The van der Waals surface area contributed by atoms with Crippen molar-refractivity contribution in [3.63, 3.8) is 0 Å². The van der Waals surface area contributed by atoms with Crippen LogP contribution in [-0.4, -0.2) is 56.5 Å². The van der Waals surface area contributed by atoms with Gasteiger partial charge in [0, 0.05) is 37.8 Å². The summed E-state index contributed by atoms with van der Waals surface area (Å²) >= 11 is 0. The summed E-state index contributed by atoms with van der Waals surface area (Å²) in [5, 5.41) is 0. The van der Waals surface area contributed by atoms with Crippen molar-refractivity contribution in [2.24, 2.45) is 11.7 Å². The molecule has 1 saturated heterocycles. The van der Waals surface area contributed by atoms with Gasteiger partial charge in [0.05, 0.1) is 13.2 Å². The topological polar surface area (TPSA) is 47.7 Å². The van der Waals surface area contributed by atoms with Crippen LogP contribution in [-0.2, 0) is 9.47 Å². The highest BCUT2D eigenvalue weighted by atomic mass is 16.5. The number of ether oxygens (including phenoxy) is 2. The Hall–Kier alpha value is -0.160. The van der Waals surface area contributed by atoms with Crippen molar-refractivity contribution in [2.45, 2.75) is 32.7 Å². The molecule has 0 aromatic carbocycles. The maximum atomic E-state index is 6.03. The van der Waals surface area contributed by atoms with E-state index in [1.54, 1.807) is 0 Å². The molecule has 17 heavy (non-hydrogen) atoms. The quantitative estimate of drug-likeness (QED) is 0.650. The fourth-order valence-electron chi connectivity index (χ4n) is 2.67. The third-order valence-electron chi connectivity index (χ3n) is 4.04. The SMILES string of the molecule is CCOCCN(CC)C(C)(CN)C1CCOC1. The average molecular weight is 244 g/mol. The van der Waals surface area contributed by atoms with Gasteiger partial charge in [-0.2, -0.15) is 0 Å². The van der Waals surface area contributed by atoms with Crippen LogP contribution in [0.2, 0.25) is 0 Å².